The van der Waals surface area contributed by atoms with Crippen LogP contribution < -0.4 is 9.55 Å². The third-order valence-electron chi connectivity index (χ3n) is 5.61. The maximum Gasteiger partial charge on any atom is 0.242 e. The number of rotatable bonds is 2. The minimum Gasteiger partial charge on any atom is -0.624 e. The Bertz CT molecular complexity index is 1180. The standard InChI is InChI=1S/C23H20N2O3/c26-22-23(27)25(28,21-12-10-17-6-2-4-8-19(17)14-21)15-24(22)20-11-9-16-5-1-3-7-18(16)13-20/h1-14,22-23,26-27H,15H2. The molecule has 1 fully saturated rings. The predicted molar refractivity (Wildman–Crippen MR) is 112 cm³/mol. The maximum atomic E-state index is 13.6. The maximum absolute atomic E-state index is 13.6. The summed E-state index contributed by atoms with van der Waals surface area (Å²) in [6.45, 7) is -0.0704. The van der Waals surface area contributed by atoms with E-state index in [1.54, 1.807) is 17.0 Å². The Hall–Kier alpha value is -2.96. The fourth-order valence-electron chi connectivity index (χ4n) is 4.01. The quantitative estimate of drug-likeness (QED) is 0.414. The summed E-state index contributed by atoms with van der Waals surface area (Å²) in [6, 6.07) is 26.8. The summed E-state index contributed by atoms with van der Waals surface area (Å²) in [5.74, 6) is 0. The van der Waals surface area contributed by atoms with Crippen molar-refractivity contribution in [2.24, 2.45) is 0 Å². The Morgan fingerprint density at radius 2 is 1.32 bits per heavy atom. The Morgan fingerprint density at radius 1 is 0.750 bits per heavy atom. The first kappa shape index (κ1) is 17.2. The topological polar surface area (TPSA) is 66.8 Å². The van der Waals surface area contributed by atoms with Gasteiger partial charge in [-0.3, -0.25) is 9.55 Å². The smallest absolute Gasteiger partial charge is 0.242 e. The number of fused-ring (bicyclic) bond motifs is 2. The second-order valence-corrected chi connectivity index (χ2v) is 7.30. The monoisotopic (exact) mass is 372 g/mol. The van der Waals surface area contributed by atoms with Crippen LogP contribution >= 0.6 is 0 Å². The number of aliphatic hydroxyl groups excluding tert-OH is 2. The molecule has 0 radical (unpaired) electrons. The summed E-state index contributed by atoms with van der Waals surface area (Å²) >= 11 is 0. The highest BCUT2D eigenvalue weighted by molar-refractivity contribution is 5.87. The Labute approximate surface area is 162 Å². The second-order valence-electron chi connectivity index (χ2n) is 7.30. The van der Waals surface area contributed by atoms with Gasteiger partial charge in [-0.25, -0.2) is 0 Å². The van der Waals surface area contributed by atoms with E-state index in [1.165, 1.54) is 0 Å². The molecule has 2 N–H and O–H groups in total. The summed E-state index contributed by atoms with van der Waals surface area (Å²) in [7, 11) is 0. The number of aliphatic hydroxyl groups is 2. The van der Waals surface area contributed by atoms with Crippen LogP contribution in [-0.2, 0) is 0 Å². The lowest BCUT2D eigenvalue weighted by molar-refractivity contribution is -0.0128. The summed E-state index contributed by atoms with van der Waals surface area (Å²) in [5, 5.41) is 39.0. The molecule has 5 heteroatoms. The Morgan fingerprint density at radius 3 is 2.00 bits per heavy atom. The second kappa shape index (κ2) is 6.29. The zero-order valence-corrected chi connectivity index (χ0v) is 15.1. The molecule has 5 rings (SSSR count). The Kier molecular flexibility index (Phi) is 3.86. The number of hydrogen-bond donors (Lipinski definition) is 2. The van der Waals surface area contributed by atoms with Crippen LogP contribution in [-0.4, -0.2) is 29.3 Å². The molecule has 0 spiro atoms. The van der Waals surface area contributed by atoms with Crippen LogP contribution in [0.1, 0.15) is 0 Å². The molecule has 3 unspecified atom stereocenters. The van der Waals surface area contributed by atoms with Crippen LogP contribution in [0.5, 0.6) is 0 Å². The largest absolute Gasteiger partial charge is 0.624 e. The van der Waals surface area contributed by atoms with Gasteiger partial charge in [0, 0.05) is 17.8 Å². The highest BCUT2D eigenvalue weighted by Gasteiger charge is 2.48. The SMILES string of the molecule is [O-][N+]1(c2ccc3ccccc3c2)CN(c2ccc3ccccc3c2)C(O)C1O. The summed E-state index contributed by atoms with van der Waals surface area (Å²) in [4.78, 5) is 1.57. The fraction of sp³-hybridized carbons (Fsp3) is 0.130. The molecule has 140 valence electrons. The third-order valence-corrected chi connectivity index (χ3v) is 5.61. The van der Waals surface area contributed by atoms with Crippen LogP contribution in [0.15, 0.2) is 84.9 Å². The lowest BCUT2D eigenvalue weighted by atomic mass is 10.1. The van der Waals surface area contributed by atoms with E-state index in [0.29, 0.717) is 11.4 Å². The highest BCUT2D eigenvalue weighted by Crippen LogP contribution is 2.37. The van der Waals surface area contributed by atoms with Crippen molar-refractivity contribution in [2.75, 3.05) is 11.6 Å². The van der Waals surface area contributed by atoms with Gasteiger partial charge in [-0.15, -0.1) is 0 Å². The van der Waals surface area contributed by atoms with Crippen LogP contribution in [0.2, 0.25) is 0 Å². The lowest BCUT2D eigenvalue weighted by Gasteiger charge is -2.39. The number of quaternary nitrogens is 1. The molecule has 5 nitrogen and oxygen atoms in total. The van der Waals surface area contributed by atoms with Gasteiger partial charge in [0.25, 0.3) is 0 Å². The molecule has 1 heterocycles. The molecule has 28 heavy (non-hydrogen) atoms. The molecule has 0 bridgehead atoms. The van der Waals surface area contributed by atoms with E-state index in [4.69, 9.17) is 0 Å². The van der Waals surface area contributed by atoms with Crippen molar-refractivity contribution in [3.05, 3.63) is 90.1 Å². The summed E-state index contributed by atoms with van der Waals surface area (Å²) < 4.78 is -1.02. The average Bonchev–Trinajstić information content (AvgIpc) is 2.98. The fourth-order valence-corrected chi connectivity index (χ4v) is 4.01. The van der Waals surface area contributed by atoms with Crippen molar-refractivity contribution in [3.8, 4) is 0 Å². The molecule has 1 aliphatic heterocycles. The Balaban J connectivity index is 1.55. The molecule has 4 aromatic rings. The average molecular weight is 372 g/mol. The minimum atomic E-state index is -1.49. The first-order chi connectivity index (χ1) is 13.6. The molecular weight excluding hydrogens is 352 g/mol. The summed E-state index contributed by atoms with van der Waals surface area (Å²) in [5.41, 5.74) is 1.13. The van der Waals surface area contributed by atoms with Gasteiger partial charge >= 0.3 is 0 Å². The highest BCUT2D eigenvalue weighted by atomic mass is 16.6. The molecule has 0 amide bonds. The molecule has 1 saturated heterocycles. The van der Waals surface area contributed by atoms with E-state index in [2.05, 4.69) is 0 Å². The van der Waals surface area contributed by atoms with Gasteiger partial charge in [-0.05, 0) is 39.7 Å². The molecule has 3 atom stereocenters. The van der Waals surface area contributed by atoms with Crippen LogP contribution in [0.4, 0.5) is 11.4 Å². The first-order valence-electron chi connectivity index (χ1n) is 9.26. The number of benzene rings is 4. The number of hydrogen-bond acceptors (Lipinski definition) is 4. The van der Waals surface area contributed by atoms with Crippen LogP contribution in [0.25, 0.3) is 21.5 Å². The lowest BCUT2D eigenvalue weighted by Crippen LogP contribution is -2.50. The minimum absolute atomic E-state index is 0.0704. The number of anilines is 1. The van der Waals surface area contributed by atoms with E-state index >= 15 is 0 Å². The van der Waals surface area contributed by atoms with E-state index in [9.17, 15) is 15.4 Å². The van der Waals surface area contributed by atoms with Crippen molar-refractivity contribution < 1.29 is 10.2 Å². The van der Waals surface area contributed by atoms with Crippen molar-refractivity contribution in [2.45, 2.75) is 12.5 Å². The van der Waals surface area contributed by atoms with Gasteiger partial charge in [0.15, 0.2) is 6.67 Å². The van der Waals surface area contributed by atoms with Crippen molar-refractivity contribution >= 4 is 32.9 Å². The number of nitrogens with zero attached hydrogens (tertiary/aromatic N) is 2. The van der Waals surface area contributed by atoms with E-state index in [1.807, 2.05) is 72.8 Å². The molecule has 0 aromatic heterocycles. The summed E-state index contributed by atoms with van der Waals surface area (Å²) in [6.07, 6.45) is -2.78. The zero-order chi connectivity index (χ0) is 19.3. The normalized spacial score (nSPS) is 24.9. The van der Waals surface area contributed by atoms with Gasteiger partial charge in [-0.2, -0.15) is 0 Å². The van der Waals surface area contributed by atoms with Gasteiger partial charge in [-0.1, -0.05) is 54.6 Å². The first-order valence-corrected chi connectivity index (χ1v) is 9.26. The molecule has 0 saturated carbocycles. The molecular formula is C23H20N2O3. The zero-order valence-electron chi connectivity index (χ0n) is 15.1. The van der Waals surface area contributed by atoms with E-state index in [0.717, 1.165) is 21.5 Å². The van der Waals surface area contributed by atoms with Gasteiger partial charge < -0.3 is 15.4 Å². The third kappa shape index (κ3) is 2.57. The van der Waals surface area contributed by atoms with Crippen molar-refractivity contribution in [1.82, 2.24) is 4.65 Å². The van der Waals surface area contributed by atoms with Crippen LogP contribution in [0.3, 0.4) is 0 Å². The van der Waals surface area contributed by atoms with Crippen LogP contribution in [0, 0.1) is 5.21 Å². The number of hydroxylamine groups is 2. The van der Waals surface area contributed by atoms with Gasteiger partial charge in [0.2, 0.25) is 12.5 Å². The van der Waals surface area contributed by atoms with Gasteiger partial charge in [0.05, 0.1) is 0 Å². The molecule has 4 aromatic carbocycles. The van der Waals surface area contributed by atoms with Crippen molar-refractivity contribution in [1.29, 1.82) is 0 Å². The van der Waals surface area contributed by atoms with Gasteiger partial charge in [0.1, 0.15) is 5.69 Å². The van der Waals surface area contributed by atoms with E-state index < -0.39 is 17.1 Å². The van der Waals surface area contributed by atoms with Crippen molar-refractivity contribution in [3.63, 3.8) is 0 Å². The van der Waals surface area contributed by atoms with E-state index in [-0.39, 0.29) is 6.67 Å². The molecule has 1 aliphatic rings. The molecule has 0 aliphatic carbocycles. The predicted octanol–water partition coefficient (Wildman–Crippen LogP) is 3.91.